The highest BCUT2D eigenvalue weighted by Crippen LogP contribution is 2.11. The number of nitrogens with one attached hydrogen (secondary N) is 1. The van der Waals surface area contributed by atoms with Crippen molar-refractivity contribution in [2.75, 3.05) is 0 Å². The molecule has 0 atom stereocenters. The normalized spacial score (nSPS) is 10.9. The molecule has 0 spiro atoms. The topological polar surface area (TPSA) is 75.9 Å². The molecular formula is C11H9N5O. The number of aryl methyl sites for hydroxylation is 1. The lowest BCUT2D eigenvalue weighted by Gasteiger charge is -1.94. The number of nitrogens with zero attached hydrogens (tertiary/aromatic N) is 4. The molecule has 1 N–H and O–H groups in total. The number of hydrogen-bond acceptors (Lipinski definition) is 4. The molecule has 0 radical (unpaired) electrons. The number of pyridine rings is 1. The highest BCUT2D eigenvalue weighted by Gasteiger charge is 2.09. The van der Waals surface area contributed by atoms with Gasteiger partial charge < -0.3 is 0 Å². The van der Waals surface area contributed by atoms with Gasteiger partial charge >= 0.3 is 0 Å². The first-order chi connectivity index (χ1) is 8.24. The summed E-state index contributed by atoms with van der Waals surface area (Å²) < 4.78 is 1.59. The molecule has 3 aromatic rings. The van der Waals surface area contributed by atoms with E-state index in [1.54, 1.807) is 17.6 Å². The molecule has 84 valence electrons. The zero-order valence-corrected chi connectivity index (χ0v) is 9.08. The summed E-state index contributed by atoms with van der Waals surface area (Å²) in [5.74, 6) is 0.922. The fourth-order valence-corrected chi connectivity index (χ4v) is 1.64. The van der Waals surface area contributed by atoms with Crippen molar-refractivity contribution in [1.29, 1.82) is 0 Å². The Balaban J connectivity index is 2.27. The molecule has 0 bridgehead atoms. The van der Waals surface area contributed by atoms with Crippen molar-refractivity contribution in [3.63, 3.8) is 0 Å². The van der Waals surface area contributed by atoms with E-state index in [4.69, 9.17) is 0 Å². The summed E-state index contributed by atoms with van der Waals surface area (Å²) in [5.41, 5.74) is 1.23. The third-order valence-electron chi connectivity index (χ3n) is 2.41. The lowest BCUT2D eigenvalue weighted by Crippen LogP contribution is -2.09. The highest BCUT2D eigenvalue weighted by atomic mass is 16.1. The van der Waals surface area contributed by atoms with E-state index >= 15 is 0 Å². The van der Waals surface area contributed by atoms with Crippen LogP contribution in [-0.4, -0.2) is 24.6 Å². The van der Waals surface area contributed by atoms with E-state index in [0.29, 0.717) is 17.3 Å². The van der Waals surface area contributed by atoms with Gasteiger partial charge in [0.25, 0.3) is 5.56 Å². The SMILES string of the molecule is Cc1cc(=O)[nH]c2nc(-c3ccccn3)nn12. The summed E-state index contributed by atoms with van der Waals surface area (Å²) in [7, 11) is 0. The van der Waals surface area contributed by atoms with Crippen LogP contribution in [-0.2, 0) is 0 Å². The van der Waals surface area contributed by atoms with Crippen LogP contribution in [0.15, 0.2) is 35.3 Å². The molecule has 0 unspecified atom stereocenters. The second kappa shape index (κ2) is 3.51. The number of rotatable bonds is 1. The molecule has 6 heteroatoms. The van der Waals surface area contributed by atoms with E-state index < -0.39 is 0 Å². The fourth-order valence-electron chi connectivity index (χ4n) is 1.64. The van der Waals surface area contributed by atoms with Crippen LogP contribution in [0.2, 0.25) is 0 Å². The van der Waals surface area contributed by atoms with Gasteiger partial charge in [-0.2, -0.15) is 4.98 Å². The number of fused-ring (bicyclic) bond motifs is 1. The Morgan fingerprint density at radius 1 is 1.35 bits per heavy atom. The van der Waals surface area contributed by atoms with Crippen LogP contribution in [0.1, 0.15) is 5.69 Å². The summed E-state index contributed by atoms with van der Waals surface area (Å²) in [6.45, 7) is 1.80. The molecule has 3 aromatic heterocycles. The van der Waals surface area contributed by atoms with E-state index in [1.807, 2.05) is 18.2 Å². The Labute approximate surface area is 96.0 Å². The van der Waals surface area contributed by atoms with Gasteiger partial charge in [0.05, 0.1) is 0 Å². The quantitative estimate of drug-likeness (QED) is 0.666. The third kappa shape index (κ3) is 1.59. The average molecular weight is 227 g/mol. The van der Waals surface area contributed by atoms with Gasteiger partial charge in [-0.15, -0.1) is 5.10 Å². The van der Waals surface area contributed by atoms with E-state index in [-0.39, 0.29) is 5.56 Å². The average Bonchev–Trinajstić information content (AvgIpc) is 2.74. The molecule has 0 aliphatic rings. The largest absolute Gasteiger partial charge is 0.291 e. The number of hydrogen-bond donors (Lipinski definition) is 1. The van der Waals surface area contributed by atoms with Crippen LogP contribution in [0.25, 0.3) is 17.3 Å². The molecule has 17 heavy (non-hydrogen) atoms. The van der Waals surface area contributed by atoms with E-state index in [1.165, 1.54) is 6.07 Å². The molecule has 0 amide bonds. The zero-order chi connectivity index (χ0) is 11.8. The molecule has 0 aromatic carbocycles. The van der Waals surface area contributed by atoms with Gasteiger partial charge in [-0.05, 0) is 19.1 Å². The maximum absolute atomic E-state index is 11.3. The van der Waals surface area contributed by atoms with E-state index in [2.05, 4.69) is 20.1 Å². The Bertz CT molecular complexity index is 728. The van der Waals surface area contributed by atoms with Crippen molar-refractivity contribution < 1.29 is 0 Å². The molecule has 6 nitrogen and oxygen atoms in total. The standard InChI is InChI=1S/C11H9N5O/c1-7-6-9(17)13-11-14-10(15-16(7)11)8-4-2-3-5-12-8/h2-6H,1H3,(H,13,14,15,17). The highest BCUT2D eigenvalue weighted by molar-refractivity contribution is 5.51. The van der Waals surface area contributed by atoms with Crippen LogP contribution in [0.5, 0.6) is 0 Å². The van der Waals surface area contributed by atoms with Crippen molar-refractivity contribution in [3.05, 3.63) is 46.5 Å². The van der Waals surface area contributed by atoms with E-state index in [0.717, 1.165) is 5.69 Å². The Hall–Kier alpha value is -2.50. The molecule has 3 heterocycles. The second-order valence-corrected chi connectivity index (χ2v) is 3.66. The fraction of sp³-hybridized carbons (Fsp3) is 0.0909. The Kier molecular flexibility index (Phi) is 2.01. The van der Waals surface area contributed by atoms with Crippen LogP contribution in [0.3, 0.4) is 0 Å². The smallest absolute Gasteiger partial charge is 0.252 e. The molecule has 0 saturated carbocycles. The van der Waals surface area contributed by atoms with Gasteiger partial charge in [0, 0.05) is 18.0 Å². The van der Waals surface area contributed by atoms with Crippen LogP contribution in [0.4, 0.5) is 0 Å². The van der Waals surface area contributed by atoms with Crippen molar-refractivity contribution in [2.24, 2.45) is 0 Å². The van der Waals surface area contributed by atoms with Crippen LogP contribution >= 0.6 is 0 Å². The number of aromatic nitrogens is 5. The first-order valence-corrected chi connectivity index (χ1v) is 5.12. The minimum absolute atomic E-state index is 0.185. The predicted octanol–water partition coefficient (Wildman–Crippen LogP) is 0.788. The minimum Gasteiger partial charge on any atom is -0.291 e. The second-order valence-electron chi connectivity index (χ2n) is 3.66. The summed E-state index contributed by atoms with van der Waals surface area (Å²) in [6.07, 6.45) is 1.68. The lowest BCUT2D eigenvalue weighted by molar-refractivity contribution is 0.887. The van der Waals surface area contributed by atoms with E-state index in [9.17, 15) is 4.79 Å². The molecule has 0 saturated heterocycles. The minimum atomic E-state index is -0.185. The summed E-state index contributed by atoms with van der Waals surface area (Å²) in [4.78, 5) is 22.3. The van der Waals surface area contributed by atoms with Crippen molar-refractivity contribution in [1.82, 2.24) is 24.6 Å². The monoisotopic (exact) mass is 227 g/mol. The van der Waals surface area contributed by atoms with Crippen LogP contribution in [0, 0.1) is 6.92 Å². The Morgan fingerprint density at radius 3 is 3.00 bits per heavy atom. The summed E-state index contributed by atoms with van der Waals surface area (Å²) in [5, 5.41) is 4.30. The number of H-pyrrole nitrogens is 1. The van der Waals surface area contributed by atoms with Gasteiger partial charge in [-0.25, -0.2) is 4.52 Å². The zero-order valence-electron chi connectivity index (χ0n) is 9.08. The van der Waals surface area contributed by atoms with Gasteiger partial charge in [0.1, 0.15) is 5.69 Å². The lowest BCUT2D eigenvalue weighted by atomic mass is 10.3. The summed E-state index contributed by atoms with van der Waals surface area (Å²) in [6, 6.07) is 6.99. The van der Waals surface area contributed by atoms with Gasteiger partial charge in [0.15, 0.2) is 0 Å². The molecule has 0 fully saturated rings. The van der Waals surface area contributed by atoms with Crippen LogP contribution < -0.4 is 5.56 Å². The predicted molar refractivity (Wildman–Crippen MR) is 61.6 cm³/mol. The third-order valence-corrected chi connectivity index (χ3v) is 2.41. The van der Waals surface area contributed by atoms with Gasteiger partial charge in [-0.3, -0.25) is 14.8 Å². The number of aromatic amines is 1. The van der Waals surface area contributed by atoms with Crippen molar-refractivity contribution in [3.8, 4) is 11.5 Å². The van der Waals surface area contributed by atoms with Gasteiger partial charge in [-0.1, -0.05) is 6.07 Å². The maximum Gasteiger partial charge on any atom is 0.252 e. The van der Waals surface area contributed by atoms with Crippen molar-refractivity contribution >= 4 is 5.78 Å². The first-order valence-electron chi connectivity index (χ1n) is 5.12. The molecular weight excluding hydrogens is 218 g/mol. The van der Waals surface area contributed by atoms with Crippen molar-refractivity contribution in [2.45, 2.75) is 6.92 Å². The summed E-state index contributed by atoms with van der Waals surface area (Å²) >= 11 is 0. The van der Waals surface area contributed by atoms with Gasteiger partial charge in [0.2, 0.25) is 11.6 Å². The molecule has 0 aliphatic heterocycles. The first kappa shape index (κ1) is 9.71. The molecule has 0 aliphatic carbocycles. The maximum atomic E-state index is 11.3. The Morgan fingerprint density at radius 2 is 2.24 bits per heavy atom. The molecule has 3 rings (SSSR count).